The van der Waals surface area contributed by atoms with Crippen molar-refractivity contribution in [1.82, 2.24) is 9.78 Å². The number of halogens is 7. The van der Waals surface area contributed by atoms with Gasteiger partial charge in [-0.25, -0.2) is 4.68 Å². The fourth-order valence-corrected chi connectivity index (χ4v) is 2.31. The number of anilines is 1. The molecule has 12 heteroatoms. The average Bonchev–Trinajstić information content (AvgIpc) is 2.99. The molecule has 3 aromatic rings. The Morgan fingerprint density at radius 3 is 1.90 bits per heavy atom. The number of aromatic amines is 1. The van der Waals surface area contributed by atoms with E-state index in [0.717, 1.165) is 28.9 Å². The number of aromatic nitrogens is 2. The molecule has 0 unspecified atom stereocenters. The molecule has 0 atom stereocenters. The molecule has 0 bridgehead atoms. The quantitative estimate of drug-likeness (QED) is 0.293. The molecule has 0 spiro atoms. The highest BCUT2D eigenvalue weighted by Gasteiger charge is 2.31. The zero-order valence-corrected chi connectivity index (χ0v) is 16.1. The van der Waals surface area contributed by atoms with Gasteiger partial charge in [0.1, 0.15) is 0 Å². The number of benzene rings is 2. The molecule has 0 saturated carbocycles. The Bertz CT molecular complexity index is 1030. The zero-order chi connectivity index (χ0) is 21.8. The molecule has 5 nitrogen and oxygen atoms in total. The van der Waals surface area contributed by atoms with Crippen LogP contribution in [0.15, 0.2) is 59.4 Å². The predicted molar refractivity (Wildman–Crippen MR) is 103 cm³/mol. The van der Waals surface area contributed by atoms with Crippen LogP contribution in [-0.4, -0.2) is 9.78 Å². The van der Waals surface area contributed by atoms with Gasteiger partial charge in [0, 0.05) is 17.4 Å². The number of nitrogen functional groups attached to an aromatic ring is 1. The molecule has 30 heavy (non-hydrogen) atoms. The topological polar surface area (TPSA) is 75.8 Å². The van der Waals surface area contributed by atoms with E-state index in [1.807, 2.05) is 0 Å². The van der Waals surface area contributed by atoms with Gasteiger partial charge in [-0.05, 0) is 43.3 Å². The standard InChI is InChI=1S/C11H9F3N2O.C7H7F3N2.ClH/c1-7-5-10(17)16(15-7)9-4-2-3-8(6-9)11(12,13)14;8-7(9,10)5-2-1-3-6(4-5)12-11;/h2-6,15H,1H3;1-4,12H,11H2;1H. The van der Waals surface area contributed by atoms with Crippen molar-refractivity contribution in [2.24, 2.45) is 5.84 Å². The first kappa shape index (κ1) is 25.1. The van der Waals surface area contributed by atoms with E-state index in [9.17, 15) is 31.1 Å². The second-order valence-electron chi connectivity index (χ2n) is 5.88. The molecule has 2 aromatic carbocycles. The fourth-order valence-electron chi connectivity index (χ4n) is 2.31. The Morgan fingerprint density at radius 1 is 0.900 bits per heavy atom. The molecule has 0 saturated heterocycles. The molecule has 1 heterocycles. The van der Waals surface area contributed by atoms with Crippen LogP contribution >= 0.6 is 12.4 Å². The summed E-state index contributed by atoms with van der Waals surface area (Å²) >= 11 is 0. The first-order chi connectivity index (χ1) is 13.4. The summed E-state index contributed by atoms with van der Waals surface area (Å²) in [4.78, 5) is 11.5. The van der Waals surface area contributed by atoms with E-state index in [-0.39, 0.29) is 29.3 Å². The molecule has 0 aliphatic carbocycles. The Labute approximate surface area is 172 Å². The van der Waals surface area contributed by atoms with E-state index in [1.165, 1.54) is 30.3 Å². The number of nitrogens with zero attached hydrogens (tertiary/aromatic N) is 1. The molecule has 0 aliphatic rings. The summed E-state index contributed by atoms with van der Waals surface area (Å²) in [6, 6.07) is 10.6. The van der Waals surface area contributed by atoms with Crippen molar-refractivity contribution in [2.45, 2.75) is 19.3 Å². The van der Waals surface area contributed by atoms with Crippen LogP contribution in [0.5, 0.6) is 0 Å². The van der Waals surface area contributed by atoms with Crippen LogP contribution in [-0.2, 0) is 12.4 Å². The maximum Gasteiger partial charge on any atom is 0.416 e. The van der Waals surface area contributed by atoms with Crippen LogP contribution in [0, 0.1) is 6.92 Å². The van der Waals surface area contributed by atoms with Crippen molar-refractivity contribution in [3.63, 3.8) is 0 Å². The second kappa shape index (κ2) is 9.72. The number of aryl methyl sites for hydroxylation is 1. The molecule has 164 valence electrons. The summed E-state index contributed by atoms with van der Waals surface area (Å²) in [5.41, 5.74) is 1.25. The van der Waals surface area contributed by atoms with Crippen molar-refractivity contribution in [3.8, 4) is 5.69 Å². The van der Waals surface area contributed by atoms with E-state index >= 15 is 0 Å². The van der Waals surface area contributed by atoms with Crippen molar-refractivity contribution in [2.75, 3.05) is 5.43 Å². The summed E-state index contributed by atoms with van der Waals surface area (Å²) < 4.78 is 74.7. The molecular formula is C18H17ClF6N4O. The maximum absolute atomic E-state index is 12.5. The number of H-pyrrole nitrogens is 1. The summed E-state index contributed by atoms with van der Waals surface area (Å²) in [5, 5.41) is 2.68. The highest BCUT2D eigenvalue weighted by molar-refractivity contribution is 5.85. The highest BCUT2D eigenvalue weighted by atomic mass is 35.5. The van der Waals surface area contributed by atoms with Gasteiger partial charge in [0.05, 0.1) is 16.8 Å². The van der Waals surface area contributed by atoms with Gasteiger partial charge in [0.25, 0.3) is 5.56 Å². The molecule has 0 amide bonds. The van der Waals surface area contributed by atoms with Gasteiger partial charge in [0.15, 0.2) is 0 Å². The van der Waals surface area contributed by atoms with Crippen LogP contribution < -0.4 is 16.8 Å². The lowest BCUT2D eigenvalue weighted by Gasteiger charge is -2.08. The first-order valence-electron chi connectivity index (χ1n) is 8.02. The van der Waals surface area contributed by atoms with Gasteiger partial charge in [-0.1, -0.05) is 12.1 Å². The zero-order valence-electron chi connectivity index (χ0n) is 15.3. The Kier molecular flexibility index (Phi) is 8.14. The molecule has 1 aromatic heterocycles. The Morgan fingerprint density at radius 2 is 1.43 bits per heavy atom. The van der Waals surface area contributed by atoms with Gasteiger partial charge < -0.3 is 5.43 Å². The van der Waals surface area contributed by atoms with E-state index in [4.69, 9.17) is 5.84 Å². The van der Waals surface area contributed by atoms with Gasteiger partial charge in [-0.15, -0.1) is 12.4 Å². The predicted octanol–water partition coefficient (Wildman–Crippen LogP) is 4.91. The third kappa shape index (κ3) is 6.56. The number of nitrogens with two attached hydrogens (primary N) is 1. The SMILES string of the molecule is Cc1cc(=O)n(-c2cccc(C(F)(F)F)c2)[nH]1.Cl.NNc1cccc(C(F)(F)F)c1. The highest BCUT2D eigenvalue weighted by Crippen LogP contribution is 2.31. The first-order valence-corrected chi connectivity index (χ1v) is 8.02. The summed E-state index contributed by atoms with van der Waals surface area (Å²) in [7, 11) is 0. The largest absolute Gasteiger partial charge is 0.416 e. The average molecular weight is 455 g/mol. The third-order valence-electron chi connectivity index (χ3n) is 3.64. The monoisotopic (exact) mass is 454 g/mol. The van der Waals surface area contributed by atoms with Crippen molar-refractivity contribution in [3.05, 3.63) is 81.8 Å². The van der Waals surface area contributed by atoms with E-state index < -0.39 is 23.5 Å². The molecule has 0 radical (unpaired) electrons. The molecule has 3 rings (SSSR count). The lowest BCUT2D eigenvalue weighted by atomic mass is 10.2. The molecular weight excluding hydrogens is 438 g/mol. The summed E-state index contributed by atoms with van der Waals surface area (Å²) in [6.45, 7) is 1.66. The lowest BCUT2D eigenvalue weighted by molar-refractivity contribution is -0.138. The lowest BCUT2D eigenvalue weighted by Crippen LogP contribution is -2.14. The minimum absolute atomic E-state index is 0. The summed E-state index contributed by atoms with van der Waals surface area (Å²) in [6.07, 6.45) is -8.73. The second-order valence-corrected chi connectivity index (χ2v) is 5.88. The number of nitrogens with one attached hydrogen (secondary N) is 2. The smallest absolute Gasteiger partial charge is 0.324 e. The van der Waals surface area contributed by atoms with Crippen LogP contribution in [0.25, 0.3) is 5.69 Å². The molecule has 4 N–H and O–H groups in total. The van der Waals surface area contributed by atoms with Crippen LogP contribution in [0.2, 0.25) is 0 Å². The van der Waals surface area contributed by atoms with Gasteiger partial charge in [-0.2, -0.15) is 26.3 Å². The Balaban J connectivity index is 0.000000308. The van der Waals surface area contributed by atoms with Crippen molar-refractivity contribution in [1.29, 1.82) is 0 Å². The van der Waals surface area contributed by atoms with Crippen LogP contribution in [0.3, 0.4) is 0 Å². The van der Waals surface area contributed by atoms with Crippen molar-refractivity contribution < 1.29 is 26.3 Å². The number of rotatable bonds is 2. The van der Waals surface area contributed by atoms with E-state index in [0.29, 0.717) is 5.69 Å². The molecule has 0 fully saturated rings. The molecule has 0 aliphatic heterocycles. The van der Waals surface area contributed by atoms with Crippen LogP contribution in [0.4, 0.5) is 32.0 Å². The number of alkyl halides is 6. The number of hydrogen-bond donors (Lipinski definition) is 3. The minimum Gasteiger partial charge on any atom is -0.324 e. The van der Waals surface area contributed by atoms with Crippen molar-refractivity contribution >= 4 is 18.1 Å². The van der Waals surface area contributed by atoms with E-state index in [1.54, 1.807) is 6.92 Å². The van der Waals surface area contributed by atoms with Gasteiger partial charge in [-0.3, -0.25) is 15.7 Å². The normalized spacial score (nSPS) is 11.2. The van der Waals surface area contributed by atoms with E-state index in [2.05, 4.69) is 10.5 Å². The minimum atomic E-state index is -4.42. The fraction of sp³-hybridized carbons (Fsp3) is 0.167. The summed E-state index contributed by atoms with van der Waals surface area (Å²) in [5.74, 6) is 4.94. The number of hydrogen-bond acceptors (Lipinski definition) is 3. The Hall–Kier alpha value is -2.92. The van der Waals surface area contributed by atoms with Gasteiger partial charge in [0.2, 0.25) is 0 Å². The maximum atomic E-state index is 12.5. The van der Waals surface area contributed by atoms with Gasteiger partial charge >= 0.3 is 12.4 Å². The van der Waals surface area contributed by atoms with Crippen LogP contribution in [0.1, 0.15) is 16.8 Å². The third-order valence-corrected chi connectivity index (χ3v) is 3.64. The number of hydrazine groups is 1.